The van der Waals surface area contributed by atoms with Crippen LogP contribution in [0.5, 0.6) is 0 Å². The lowest BCUT2D eigenvalue weighted by atomic mass is 9.98. The quantitative estimate of drug-likeness (QED) is 0.175. The Labute approximate surface area is 196 Å². The molecular weight excluding hydrogens is 500 g/mol. The number of rotatable bonds is 9. The van der Waals surface area contributed by atoms with E-state index in [0.29, 0.717) is 20.7 Å². The van der Waals surface area contributed by atoms with Gasteiger partial charge in [-0.05, 0) is 27.4 Å². The predicted octanol–water partition coefficient (Wildman–Crippen LogP) is -0.126. The number of methoxy groups -OCH3 is 1. The average Bonchev–Trinajstić information content (AvgIpc) is 3.49. The fourth-order valence-electron chi connectivity index (χ4n) is 3.25. The topological polar surface area (TPSA) is 173 Å². The molecule has 2 amide bonds. The van der Waals surface area contributed by atoms with Gasteiger partial charge in [-0.15, -0.1) is 16.9 Å². The second-order valence-corrected chi connectivity index (χ2v) is 11.2. The lowest BCUT2D eigenvalue weighted by molar-refractivity contribution is -0.192. The first-order valence-electron chi connectivity index (χ1n) is 8.92. The van der Waals surface area contributed by atoms with Crippen molar-refractivity contribution < 1.29 is 28.8 Å². The third-order valence-electron chi connectivity index (χ3n) is 4.65. The second kappa shape index (κ2) is 9.40. The number of aromatic nitrogens is 4. The Morgan fingerprint density at radius 3 is 3.00 bits per heavy atom. The number of nitrogens with one attached hydrogen (secondary N) is 2. The molecule has 4 rings (SSSR count). The summed E-state index contributed by atoms with van der Waals surface area (Å²) in [4.78, 5) is 38.7. The highest BCUT2D eigenvalue weighted by molar-refractivity contribution is 8.01. The molecule has 0 saturated carbocycles. The summed E-state index contributed by atoms with van der Waals surface area (Å²) >= 11 is 2.18. The highest BCUT2D eigenvalue weighted by atomic mass is 32.2. The molecule has 2 aliphatic rings. The van der Waals surface area contributed by atoms with Gasteiger partial charge in [-0.25, -0.2) is 9.89 Å². The minimum Gasteiger partial charge on any atom is -0.610 e. The molecule has 3 N–H and O–H groups in total. The maximum absolute atomic E-state index is 13.0. The molecule has 0 aliphatic carbocycles. The number of hydrogen-bond acceptors (Lipinski definition) is 11. The molecule has 2 aliphatic heterocycles. The summed E-state index contributed by atoms with van der Waals surface area (Å²) in [5.74, 6) is -2.38. The average molecular weight is 517 g/mol. The zero-order valence-corrected chi connectivity index (χ0v) is 19.6. The zero-order valence-electron chi connectivity index (χ0n) is 16.3. The summed E-state index contributed by atoms with van der Waals surface area (Å²) in [6.07, 6.45) is 0. The molecule has 2 aromatic rings. The van der Waals surface area contributed by atoms with E-state index in [9.17, 15) is 24.0 Å². The monoisotopic (exact) mass is 516 g/mol. The predicted molar refractivity (Wildman–Crippen MR) is 116 cm³/mol. The lowest BCUT2D eigenvalue weighted by Gasteiger charge is -2.55. The van der Waals surface area contributed by atoms with Gasteiger partial charge in [0.2, 0.25) is 9.37 Å². The van der Waals surface area contributed by atoms with Crippen molar-refractivity contribution in [2.45, 2.75) is 20.5 Å². The van der Waals surface area contributed by atoms with Gasteiger partial charge in [-0.3, -0.25) is 14.5 Å². The number of hydrogen-bond donors (Lipinski definition) is 3. The van der Waals surface area contributed by atoms with Crippen molar-refractivity contribution in [1.82, 2.24) is 30.8 Å². The molecule has 1 fully saturated rings. The normalized spacial score (nSPS) is 23.5. The number of thioether (sulfide) groups is 2. The van der Waals surface area contributed by atoms with E-state index in [2.05, 4.69) is 25.9 Å². The van der Waals surface area contributed by atoms with Crippen molar-refractivity contribution >= 4 is 63.8 Å². The fourth-order valence-corrected chi connectivity index (χ4v) is 7.47. The number of carboxylic acid groups (broad SMARTS) is 1. The van der Waals surface area contributed by atoms with Crippen LogP contribution in [0.2, 0.25) is 0 Å². The maximum atomic E-state index is 13.0. The van der Waals surface area contributed by atoms with Gasteiger partial charge in [-0.2, -0.15) is 0 Å². The van der Waals surface area contributed by atoms with E-state index in [-0.39, 0.29) is 17.2 Å². The smallest absolute Gasteiger partial charge is 0.352 e. The number of tetrazole rings is 1. The van der Waals surface area contributed by atoms with Crippen LogP contribution in [0.25, 0.3) is 0 Å². The Kier molecular flexibility index (Phi) is 6.78. The molecule has 12 nitrogen and oxygen atoms in total. The van der Waals surface area contributed by atoms with E-state index in [4.69, 9.17) is 4.74 Å². The summed E-state index contributed by atoms with van der Waals surface area (Å²) in [6, 6.07) is 3.39. The summed E-state index contributed by atoms with van der Waals surface area (Å²) in [6.45, 7) is 0. The van der Waals surface area contributed by atoms with Crippen LogP contribution in [0, 0.1) is 0 Å². The number of thiophene rings is 1. The summed E-state index contributed by atoms with van der Waals surface area (Å²) in [5.41, 5.74) is -1.36. The van der Waals surface area contributed by atoms with E-state index in [1.165, 1.54) is 42.0 Å². The molecular formula is C16H16N6O6S4. The van der Waals surface area contributed by atoms with Gasteiger partial charge in [0.1, 0.15) is 11.1 Å². The van der Waals surface area contributed by atoms with Gasteiger partial charge >= 0.3 is 5.97 Å². The number of aromatic amines is 1. The number of nitrogens with zero attached hydrogens (tertiary/aromatic N) is 4. The zero-order chi connectivity index (χ0) is 22.9. The van der Waals surface area contributed by atoms with Gasteiger partial charge in [0.15, 0.2) is 5.75 Å². The minimum atomic E-state index is -1.73. The largest absolute Gasteiger partial charge is 0.610 e. The Bertz CT molecular complexity index is 1050. The van der Waals surface area contributed by atoms with Crippen LogP contribution in [0.4, 0.5) is 0 Å². The Morgan fingerprint density at radius 2 is 2.38 bits per heavy atom. The highest BCUT2D eigenvalue weighted by Crippen LogP contribution is 2.47. The number of carboxylic acids is 1. The third-order valence-corrected chi connectivity index (χ3v) is 9.58. The molecule has 170 valence electrons. The number of carbonyl (C=O) groups excluding carboxylic acids is 2. The van der Waals surface area contributed by atoms with Gasteiger partial charge in [-0.1, -0.05) is 23.1 Å². The van der Waals surface area contributed by atoms with E-state index >= 15 is 0 Å². The van der Waals surface area contributed by atoms with E-state index in [0.717, 1.165) is 4.90 Å². The number of carbonyl (C=O) groups is 3. The number of fused-ring (bicyclic) bond motifs is 1. The van der Waals surface area contributed by atoms with Crippen molar-refractivity contribution in [2.24, 2.45) is 0 Å². The number of aliphatic carboxylic acids is 1. The van der Waals surface area contributed by atoms with Crippen LogP contribution in [-0.2, 0) is 30.3 Å². The Morgan fingerprint density at radius 1 is 1.56 bits per heavy atom. The molecule has 1 unspecified atom stereocenters. The number of β-lactam (4-membered cyclic amide) rings is 1. The van der Waals surface area contributed by atoms with Gasteiger partial charge in [0.05, 0.1) is 0 Å². The first kappa shape index (κ1) is 23.1. The Hall–Kier alpha value is -2.11. The van der Waals surface area contributed by atoms with E-state index < -0.39 is 40.1 Å². The second-order valence-electron chi connectivity index (χ2n) is 6.50. The molecule has 3 atom stereocenters. The molecule has 0 aromatic carbocycles. The lowest BCUT2D eigenvalue weighted by Crippen LogP contribution is -2.81. The summed E-state index contributed by atoms with van der Waals surface area (Å²) in [5, 5.41) is 26.9. The summed E-state index contributed by atoms with van der Waals surface area (Å²) < 4.78 is 18.3. The number of H-pyrrole nitrogens is 1. The molecule has 0 spiro atoms. The highest BCUT2D eigenvalue weighted by Gasteiger charge is 2.66. The molecule has 2 aromatic heterocycles. The molecule has 32 heavy (non-hydrogen) atoms. The molecule has 4 heterocycles. The minimum absolute atomic E-state index is 0.150. The third kappa shape index (κ3) is 4.13. The first-order valence-corrected chi connectivity index (χ1v) is 13.2. The number of ether oxygens (including phenoxy) is 1. The van der Waals surface area contributed by atoms with E-state index in [1.54, 1.807) is 17.5 Å². The van der Waals surface area contributed by atoms with Crippen LogP contribution in [0.1, 0.15) is 0 Å². The van der Waals surface area contributed by atoms with Gasteiger partial charge in [0, 0.05) is 35.9 Å². The van der Waals surface area contributed by atoms with Crippen LogP contribution in [0.3, 0.4) is 0 Å². The Balaban J connectivity index is 1.49. The SMILES string of the molecule is CO[C@@]1(NC(=O)C[S+]([O-])c2cccs2)C(=O)N2C(C(=O)O)=C(CSc3nnn[nH]3)CS[C@H]21. The van der Waals surface area contributed by atoms with Crippen LogP contribution < -0.4 is 5.32 Å². The van der Waals surface area contributed by atoms with Gasteiger partial charge in [0.25, 0.3) is 17.5 Å². The number of amides is 2. The molecule has 1 saturated heterocycles. The van der Waals surface area contributed by atoms with Crippen LogP contribution in [-0.4, -0.2) is 88.4 Å². The van der Waals surface area contributed by atoms with Crippen molar-refractivity contribution in [2.75, 3.05) is 24.4 Å². The molecule has 0 bridgehead atoms. The van der Waals surface area contributed by atoms with Crippen molar-refractivity contribution in [3.8, 4) is 0 Å². The van der Waals surface area contributed by atoms with Crippen LogP contribution >= 0.6 is 34.9 Å². The van der Waals surface area contributed by atoms with Crippen molar-refractivity contribution in [1.29, 1.82) is 0 Å². The standard InChI is InChI=1S/C16H16N6O6S4/c1-28-16(17-9(23)7-32(27)10-3-2-4-29-10)13(26)22-11(12(24)25)8(5-30-14(16)22)6-31-15-18-20-21-19-15/h2-4,14H,5-7H2,1H3,(H,17,23)(H,24,25)(H,18,19,20,21)/t14-,16-,32?/m0/s1. The van der Waals surface area contributed by atoms with E-state index in [1.807, 2.05) is 0 Å². The molecule has 0 radical (unpaired) electrons. The van der Waals surface area contributed by atoms with Crippen molar-refractivity contribution in [3.05, 3.63) is 28.8 Å². The molecule has 16 heteroatoms. The first-order chi connectivity index (χ1) is 15.4. The maximum Gasteiger partial charge on any atom is 0.352 e. The fraction of sp³-hybridized carbons (Fsp3) is 0.375. The van der Waals surface area contributed by atoms with Crippen molar-refractivity contribution in [3.63, 3.8) is 0 Å². The van der Waals surface area contributed by atoms with Gasteiger partial charge < -0.3 is 19.7 Å². The summed E-state index contributed by atoms with van der Waals surface area (Å²) in [7, 11) is 1.26. The van der Waals surface area contributed by atoms with Crippen LogP contribution in [0.15, 0.2) is 38.1 Å².